The average molecular weight is 734 g/mol. The molecular weight excluding hydrogens is 710 g/mol. The number of nitrogens with zero attached hydrogens (tertiary/aromatic N) is 3. The molecule has 2 heterocycles. The van der Waals surface area contributed by atoms with Crippen molar-refractivity contribution < 1.29 is 26.2 Å². The number of phenolic OH excluding ortho intramolecular Hbond substituents is 1. The van der Waals surface area contributed by atoms with Gasteiger partial charge in [0.15, 0.2) is 0 Å². The summed E-state index contributed by atoms with van der Waals surface area (Å²) in [6.07, 6.45) is 1.62. The minimum absolute atomic E-state index is 0. The second kappa shape index (κ2) is 10.7. The molecule has 2 aromatic heterocycles. The first kappa shape index (κ1) is 26.9. The average Bonchev–Trinajstić information content (AvgIpc) is 3.36. The Morgan fingerprint density at radius 2 is 1.23 bits per heavy atom. The number of hydrogen-bond donors (Lipinski definition) is 1. The van der Waals surface area contributed by atoms with E-state index in [-0.39, 0.29) is 26.8 Å². The molecule has 1 aliphatic rings. The van der Waals surface area contributed by atoms with Gasteiger partial charge in [0.05, 0.1) is 22.3 Å². The van der Waals surface area contributed by atoms with Crippen LogP contribution in [0.3, 0.4) is 0 Å². The fourth-order valence-corrected chi connectivity index (χ4v) is 6.47. The summed E-state index contributed by atoms with van der Waals surface area (Å²) in [4.78, 5) is 14.5. The van der Waals surface area contributed by atoms with Crippen LogP contribution in [0.4, 0.5) is 0 Å². The third-order valence-corrected chi connectivity index (χ3v) is 8.26. The van der Waals surface area contributed by atoms with E-state index in [9.17, 15) is 5.11 Å². The number of fused-ring (bicyclic) bond motifs is 4. The second-order valence-corrected chi connectivity index (χ2v) is 10.5. The van der Waals surface area contributed by atoms with Crippen LogP contribution in [-0.4, -0.2) is 20.1 Å². The molecule has 0 amide bonds. The van der Waals surface area contributed by atoms with Crippen LogP contribution in [0.2, 0.25) is 0 Å². The first-order valence-corrected chi connectivity index (χ1v) is 13.9. The SMILES string of the molecule is Oc1ccccc1-c1cccc(C2(c3[c-]c(-c4ncnc5ccccc45)ccc3)c3ccccc3-c3ccccc32)n1.[Pt]. The van der Waals surface area contributed by atoms with Gasteiger partial charge in [-0.2, -0.15) is 0 Å². The predicted octanol–water partition coefficient (Wildman–Crippen LogP) is 8.23. The van der Waals surface area contributed by atoms with Gasteiger partial charge in [0.2, 0.25) is 0 Å². The smallest absolute Gasteiger partial charge is 0.124 e. The molecule has 1 aliphatic carbocycles. The van der Waals surface area contributed by atoms with E-state index in [0.717, 1.165) is 44.5 Å². The van der Waals surface area contributed by atoms with Crippen molar-refractivity contribution in [1.29, 1.82) is 0 Å². The number of aromatic hydroxyl groups is 1. The van der Waals surface area contributed by atoms with Gasteiger partial charge in [0.1, 0.15) is 12.1 Å². The van der Waals surface area contributed by atoms with Crippen molar-refractivity contribution in [3.63, 3.8) is 0 Å². The Bertz CT molecular complexity index is 2090. The Balaban J connectivity index is 0.00000300. The van der Waals surface area contributed by atoms with E-state index in [1.165, 1.54) is 11.1 Å². The first-order chi connectivity index (χ1) is 20.7. The summed E-state index contributed by atoms with van der Waals surface area (Å²) in [5, 5.41) is 11.7. The number of para-hydroxylation sites is 2. The van der Waals surface area contributed by atoms with E-state index in [1.807, 2.05) is 48.5 Å². The first-order valence-electron chi connectivity index (χ1n) is 13.9. The number of pyridine rings is 1. The van der Waals surface area contributed by atoms with E-state index in [4.69, 9.17) is 9.97 Å². The molecule has 208 valence electrons. The molecule has 0 saturated heterocycles. The number of benzene rings is 5. The third-order valence-electron chi connectivity index (χ3n) is 8.26. The minimum Gasteiger partial charge on any atom is -0.507 e. The third kappa shape index (κ3) is 4.13. The zero-order valence-corrected chi connectivity index (χ0v) is 25.2. The molecule has 0 atom stereocenters. The zero-order valence-electron chi connectivity index (χ0n) is 22.9. The molecular formula is C38H24N3OPt-. The topological polar surface area (TPSA) is 58.9 Å². The van der Waals surface area contributed by atoms with Gasteiger partial charge in [0, 0.05) is 26.6 Å². The van der Waals surface area contributed by atoms with E-state index in [2.05, 4.69) is 89.9 Å². The molecule has 5 aromatic carbocycles. The Hall–Kier alpha value is -4.92. The van der Waals surface area contributed by atoms with Crippen LogP contribution in [0.15, 0.2) is 140 Å². The van der Waals surface area contributed by atoms with Gasteiger partial charge in [0.25, 0.3) is 0 Å². The monoisotopic (exact) mass is 733 g/mol. The molecule has 0 aliphatic heterocycles. The number of aromatic nitrogens is 3. The van der Waals surface area contributed by atoms with Crippen molar-refractivity contribution in [3.05, 3.63) is 168 Å². The summed E-state index contributed by atoms with van der Waals surface area (Å²) >= 11 is 0. The van der Waals surface area contributed by atoms with E-state index >= 15 is 0 Å². The Morgan fingerprint density at radius 1 is 0.581 bits per heavy atom. The van der Waals surface area contributed by atoms with Crippen LogP contribution in [0, 0.1) is 6.07 Å². The standard InChI is InChI=1S/C38H24N3O.Pt/c42-35-21-8-4-15-29(35)34-20-10-22-36(41-34)38(31-17-5-1-13-27(31)28-14-2-6-18-32(28)38)26-12-9-11-25(23-26)37-30-16-3-7-19-33(30)39-24-40-37;/h1-22,24,42H;/q-1;. The molecule has 0 spiro atoms. The number of phenols is 1. The molecule has 0 bridgehead atoms. The summed E-state index contributed by atoms with van der Waals surface area (Å²) in [5.74, 6) is 0.202. The Labute approximate surface area is 264 Å². The summed E-state index contributed by atoms with van der Waals surface area (Å²) in [5.41, 5.74) is 9.77. The molecule has 5 heteroatoms. The molecule has 8 rings (SSSR count). The normalized spacial score (nSPS) is 12.7. The van der Waals surface area contributed by atoms with Crippen molar-refractivity contribution >= 4 is 10.9 Å². The molecule has 0 fully saturated rings. The van der Waals surface area contributed by atoms with Gasteiger partial charge in [-0.25, -0.2) is 4.98 Å². The summed E-state index contributed by atoms with van der Waals surface area (Å²) < 4.78 is 0. The van der Waals surface area contributed by atoms with Gasteiger partial charge in [-0.15, -0.1) is 35.4 Å². The van der Waals surface area contributed by atoms with Crippen molar-refractivity contribution in [3.8, 4) is 39.4 Å². The van der Waals surface area contributed by atoms with Gasteiger partial charge in [-0.1, -0.05) is 84.9 Å². The van der Waals surface area contributed by atoms with Crippen LogP contribution in [0.25, 0.3) is 44.5 Å². The van der Waals surface area contributed by atoms with E-state index in [0.29, 0.717) is 11.3 Å². The van der Waals surface area contributed by atoms with Crippen LogP contribution in [0.5, 0.6) is 5.75 Å². The van der Waals surface area contributed by atoms with Gasteiger partial charge < -0.3 is 5.11 Å². The zero-order chi connectivity index (χ0) is 28.1. The van der Waals surface area contributed by atoms with Crippen molar-refractivity contribution in [2.45, 2.75) is 5.41 Å². The maximum Gasteiger partial charge on any atom is 0.124 e. The predicted molar refractivity (Wildman–Crippen MR) is 166 cm³/mol. The van der Waals surface area contributed by atoms with Gasteiger partial charge in [-0.3, -0.25) is 9.97 Å². The summed E-state index contributed by atoms with van der Waals surface area (Å²) in [7, 11) is 0. The minimum atomic E-state index is -0.744. The number of rotatable bonds is 4. The molecule has 7 aromatic rings. The van der Waals surface area contributed by atoms with Crippen molar-refractivity contribution in [1.82, 2.24) is 15.0 Å². The maximum absolute atomic E-state index is 10.7. The molecule has 43 heavy (non-hydrogen) atoms. The molecule has 0 saturated carbocycles. The van der Waals surface area contributed by atoms with Crippen LogP contribution < -0.4 is 0 Å². The molecule has 1 N–H and O–H groups in total. The van der Waals surface area contributed by atoms with Crippen LogP contribution in [0.1, 0.15) is 22.4 Å². The fraction of sp³-hybridized carbons (Fsp3) is 0.0263. The van der Waals surface area contributed by atoms with Crippen LogP contribution >= 0.6 is 0 Å². The largest absolute Gasteiger partial charge is 0.507 e. The second-order valence-electron chi connectivity index (χ2n) is 10.5. The maximum atomic E-state index is 10.7. The van der Waals surface area contributed by atoms with Gasteiger partial charge >= 0.3 is 0 Å². The Kier molecular flexibility index (Phi) is 6.72. The van der Waals surface area contributed by atoms with Crippen molar-refractivity contribution in [2.75, 3.05) is 0 Å². The quantitative estimate of drug-likeness (QED) is 0.185. The molecule has 0 radical (unpaired) electrons. The Morgan fingerprint density at radius 3 is 2.00 bits per heavy atom. The number of hydrogen-bond acceptors (Lipinski definition) is 4. The summed E-state index contributed by atoms with van der Waals surface area (Å²) in [6, 6.07) is 48.7. The molecule has 0 unspecified atom stereocenters. The fourth-order valence-electron chi connectivity index (χ4n) is 6.47. The van der Waals surface area contributed by atoms with Crippen molar-refractivity contribution in [2.24, 2.45) is 0 Å². The summed E-state index contributed by atoms with van der Waals surface area (Å²) in [6.45, 7) is 0. The molecule has 4 nitrogen and oxygen atoms in total. The van der Waals surface area contributed by atoms with Gasteiger partial charge in [-0.05, 0) is 63.7 Å². The van der Waals surface area contributed by atoms with E-state index in [1.54, 1.807) is 12.4 Å². The van der Waals surface area contributed by atoms with E-state index < -0.39 is 5.41 Å². The van der Waals surface area contributed by atoms with Crippen LogP contribution in [-0.2, 0) is 26.5 Å².